The molecule has 1 aliphatic rings. The number of hydrogen-bond donors (Lipinski definition) is 1. The van der Waals surface area contributed by atoms with Crippen molar-refractivity contribution >= 4 is 17.3 Å². The molecule has 98 valence electrons. The number of nitrogens with zero attached hydrogens (tertiary/aromatic N) is 1. The maximum absolute atomic E-state index is 10.9. The highest BCUT2D eigenvalue weighted by molar-refractivity contribution is 6.34. The molecule has 0 bridgehead atoms. The van der Waals surface area contributed by atoms with Crippen molar-refractivity contribution in [3.63, 3.8) is 0 Å². The van der Waals surface area contributed by atoms with Gasteiger partial charge in [0.1, 0.15) is 11.9 Å². The van der Waals surface area contributed by atoms with Crippen molar-refractivity contribution in [2.45, 2.75) is 25.9 Å². The molecule has 0 aliphatic carbocycles. The van der Waals surface area contributed by atoms with Crippen molar-refractivity contribution in [2.75, 3.05) is 13.1 Å². The highest BCUT2D eigenvalue weighted by Crippen LogP contribution is 2.37. The van der Waals surface area contributed by atoms with Gasteiger partial charge >= 0.3 is 0 Å². The second kappa shape index (κ2) is 5.54. The summed E-state index contributed by atoms with van der Waals surface area (Å²) in [5.74, 6) is 0.404. The lowest BCUT2D eigenvalue weighted by Gasteiger charge is -2.24. The van der Waals surface area contributed by atoms with Crippen molar-refractivity contribution in [1.82, 2.24) is 5.32 Å². The minimum Gasteiger partial charge on any atom is -0.488 e. The summed E-state index contributed by atoms with van der Waals surface area (Å²) >= 11 is 6.05. The molecule has 6 heteroatoms. The molecule has 1 aromatic carbocycles. The number of rotatable bonds is 3. The molecular weight excluding hydrogens is 256 g/mol. The van der Waals surface area contributed by atoms with E-state index in [1.807, 2.05) is 0 Å². The zero-order valence-corrected chi connectivity index (χ0v) is 10.9. The smallest absolute Gasteiger partial charge is 0.294 e. The minimum atomic E-state index is -0.465. The maximum atomic E-state index is 10.9. The van der Waals surface area contributed by atoms with E-state index in [1.54, 1.807) is 19.1 Å². The third-order valence-corrected chi connectivity index (χ3v) is 3.41. The highest BCUT2D eigenvalue weighted by Gasteiger charge is 2.23. The Labute approximate surface area is 110 Å². The minimum absolute atomic E-state index is 0.0666. The molecule has 0 aromatic heterocycles. The molecule has 0 spiro atoms. The van der Waals surface area contributed by atoms with Crippen LogP contribution in [-0.2, 0) is 0 Å². The molecule has 1 saturated heterocycles. The van der Waals surface area contributed by atoms with E-state index < -0.39 is 4.92 Å². The third-order valence-electron chi connectivity index (χ3n) is 3.04. The Morgan fingerprint density at radius 2 is 2.11 bits per heavy atom. The van der Waals surface area contributed by atoms with E-state index in [-0.39, 0.29) is 16.8 Å². The predicted octanol–water partition coefficient (Wildman–Crippen LogP) is 2.69. The monoisotopic (exact) mass is 270 g/mol. The Hall–Kier alpha value is -1.33. The van der Waals surface area contributed by atoms with Gasteiger partial charge in [-0.25, -0.2) is 0 Å². The molecule has 1 aliphatic heterocycles. The van der Waals surface area contributed by atoms with Crippen LogP contribution >= 0.6 is 11.6 Å². The summed E-state index contributed by atoms with van der Waals surface area (Å²) < 4.78 is 5.76. The van der Waals surface area contributed by atoms with Crippen molar-refractivity contribution in [3.05, 3.63) is 32.8 Å². The fraction of sp³-hybridized carbons (Fsp3) is 0.500. The molecule has 1 aromatic rings. The molecule has 0 saturated carbocycles. The van der Waals surface area contributed by atoms with Crippen molar-refractivity contribution in [2.24, 2.45) is 0 Å². The Balaban J connectivity index is 2.22. The van der Waals surface area contributed by atoms with E-state index in [9.17, 15) is 10.1 Å². The standard InChI is InChI=1S/C12H15ClN2O3/c1-8-2-3-10(11(13)12(8)15(16)17)18-9-4-6-14-7-5-9/h2-3,9,14H,4-7H2,1H3. The maximum Gasteiger partial charge on any atom is 0.294 e. The lowest BCUT2D eigenvalue weighted by Crippen LogP contribution is -2.34. The Bertz CT molecular complexity index is 459. The Morgan fingerprint density at radius 1 is 1.44 bits per heavy atom. The van der Waals surface area contributed by atoms with Crippen LogP contribution in [0.25, 0.3) is 0 Å². The number of hydrogen-bond acceptors (Lipinski definition) is 4. The summed E-state index contributed by atoms with van der Waals surface area (Å²) in [6.07, 6.45) is 1.85. The quantitative estimate of drug-likeness (QED) is 0.677. The van der Waals surface area contributed by atoms with Crippen LogP contribution in [0.2, 0.25) is 5.02 Å². The van der Waals surface area contributed by atoms with E-state index in [4.69, 9.17) is 16.3 Å². The molecule has 0 radical (unpaired) electrons. The first-order valence-corrected chi connectivity index (χ1v) is 6.28. The summed E-state index contributed by atoms with van der Waals surface area (Å²) in [4.78, 5) is 10.5. The molecule has 5 nitrogen and oxygen atoms in total. The van der Waals surface area contributed by atoms with Crippen molar-refractivity contribution in [3.8, 4) is 5.75 Å². The second-order valence-electron chi connectivity index (χ2n) is 4.37. The van der Waals surface area contributed by atoms with Crippen LogP contribution in [0.1, 0.15) is 18.4 Å². The van der Waals surface area contributed by atoms with Gasteiger partial charge in [0.25, 0.3) is 5.69 Å². The largest absolute Gasteiger partial charge is 0.488 e. The highest BCUT2D eigenvalue weighted by atomic mass is 35.5. The van der Waals surface area contributed by atoms with Gasteiger partial charge in [-0.2, -0.15) is 0 Å². The lowest BCUT2D eigenvalue weighted by atomic mass is 10.1. The SMILES string of the molecule is Cc1ccc(OC2CCNCC2)c(Cl)c1[N+](=O)[O-]. The zero-order valence-electron chi connectivity index (χ0n) is 10.1. The zero-order chi connectivity index (χ0) is 13.1. The number of nitro groups is 1. The van der Waals surface area contributed by atoms with Crippen molar-refractivity contribution < 1.29 is 9.66 Å². The number of ether oxygens (including phenoxy) is 1. The van der Waals surface area contributed by atoms with Gasteiger partial charge in [0, 0.05) is 5.56 Å². The number of halogens is 1. The predicted molar refractivity (Wildman–Crippen MR) is 69.4 cm³/mol. The van der Waals surface area contributed by atoms with Crippen LogP contribution in [-0.4, -0.2) is 24.1 Å². The van der Waals surface area contributed by atoms with Crippen LogP contribution < -0.4 is 10.1 Å². The number of piperidine rings is 1. The van der Waals surface area contributed by atoms with Gasteiger partial charge in [-0.05, 0) is 45.0 Å². The lowest BCUT2D eigenvalue weighted by molar-refractivity contribution is -0.385. The topological polar surface area (TPSA) is 64.4 Å². The normalized spacial score (nSPS) is 16.6. The molecule has 1 N–H and O–H groups in total. The third kappa shape index (κ3) is 2.73. The molecule has 1 fully saturated rings. The average molecular weight is 271 g/mol. The number of nitro benzene ring substituents is 1. The summed E-state index contributed by atoms with van der Waals surface area (Å²) in [7, 11) is 0. The number of nitrogens with one attached hydrogen (secondary N) is 1. The van der Waals surface area contributed by atoms with Gasteiger partial charge in [0.05, 0.1) is 4.92 Å². The average Bonchev–Trinajstić information content (AvgIpc) is 2.34. The molecule has 18 heavy (non-hydrogen) atoms. The van der Waals surface area contributed by atoms with Crippen LogP contribution in [0.5, 0.6) is 5.75 Å². The summed E-state index contributed by atoms with van der Waals surface area (Å²) in [6, 6.07) is 3.37. The van der Waals surface area contributed by atoms with Gasteiger partial charge < -0.3 is 10.1 Å². The molecule has 0 unspecified atom stereocenters. The van der Waals surface area contributed by atoms with Crippen LogP contribution in [0.15, 0.2) is 12.1 Å². The van der Waals surface area contributed by atoms with Gasteiger partial charge in [-0.15, -0.1) is 0 Å². The molecule has 0 atom stereocenters. The fourth-order valence-corrected chi connectivity index (χ4v) is 2.38. The second-order valence-corrected chi connectivity index (χ2v) is 4.75. The first kappa shape index (κ1) is 13.1. The molecule has 1 heterocycles. The van der Waals surface area contributed by atoms with Gasteiger partial charge in [-0.1, -0.05) is 11.6 Å². The molecule has 0 amide bonds. The summed E-state index contributed by atoms with van der Waals surface area (Å²) in [5.41, 5.74) is 0.478. The van der Waals surface area contributed by atoms with Crippen LogP contribution in [0, 0.1) is 17.0 Å². The van der Waals surface area contributed by atoms with E-state index in [1.165, 1.54) is 0 Å². The van der Waals surface area contributed by atoms with E-state index in [2.05, 4.69) is 5.32 Å². The van der Waals surface area contributed by atoms with E-state index >= 15 is 0 Å². The Kier molecular flexibility index (Phi) is 4.04. The summed E-state index contributed by atoms with van der Waals surface area (Å²) in [5, 5.41) is 14.3. The van der Waals surface area contributed by atoms with Crippen LogP contribution in [0.3, 0.4) is 0 Å². The van der Waals surface area contributed by atoms with E-state index in [0.29, 0.717) is 11.3 Å². The van der Waals surface area contributed by atoms with Gasteiger partial charge in [0.2, 0.25) is 0 Å². The first-order valence-electron chi connectivity index (χ1n) is 5.90. The van der Waals surface area contributed by atoms with Crippen LogP contribution in [0.4, 0.5) is 5.69 Å². The Morgan fingerprint density at radius 3 is 2.72 bits per heavy atom. The number of benzene rings is 1. The first-order chi connectivity index (χ1) is 8.59. The van der Waals surface area contributed by atoms with Gasteiger partial charge in [-0.3, -0.25) is 10.1 Å². The van der Waals surface area contributed by atoms with E-state index in [0.717, 1.165) is 25.9 Å². The summed E-state index contributed by atoms with van der Waals surface area (Å²) in [6.45, 7) is 3.46. The van der Waals surface area contributed by atoms with Gasteiger partial charge in [0.15, 0.2) is 5.02 Å². The van der Waals surface area contributed by atoms with Crippen molar-refractivity contribution in [1.29, 1.82) is 0 Å². The fourth-order valence-electron chi connectivity index (χ4n) is 2.05. The molecular formula is C12H15ClN2O3. The number of aryl methyl sites for hydroxylation is 1. The molecule has 2 rings (SSSR count).